The first-order chi connectivity index (χ1) is 20.0. The maximum atomic E-state index is 13.4. The Bertz CT molecular complexity index is 1410. The summed E-state index contributed by atoms with van der Waals surface area (Å²) in [5.74, 6) is 0.361. The summed E-state index contributed by atoms with van der Waals surface area (Å²) >= 11 is 0. The molecule has 3 aliphatic heterocycles. The molecular formula is C31H39N7O3. The predicted octanol–water partition coefficient (Wildman–Crippen LogP) is 3.21. The molecular weight excluding hydrogens is 518 g/mol. The zero-order valence-corrected chi connectivity index (χ0v) is 23.4. The van der Waals surface area contributed by atoms with Gasteiger partial charge in [-0.1, -0.05) is 0 Å². The van der Waals surface area contributed by atoms with E-state index in [1.54, 1.807) is 18.5 Å². The summed E-state index contributed by atoms with van der Waals surface area (Å²) in [6.07, 6.45) is 11.7. The molecule has 1 aliphatic carbocycles. The Balaban J connectivity index is 1.07. The van der Waals surface area contributed by atoms with E-state index in [2.05, 4.69) is 31.2 Å². The number of hydrogen-bond donors (Lipinski definition) is 3. The molecule has 3 aromatic rings. The van der Waals surface area contributed by atoms with Crippen LogP contribution in [-0.4, -0.2) is 77.5 Å². The van der Waals surface area contributed by atoms with Crippen LogP contribution in [0.5, 0.6) is 0 Å². The van der Waals surface area contributed by atoms with Gasteiger partial charge in [0.2, 0.25) is 0 Å². The van der Waals surface area contributed by atoms with Gasteiger partial charge in [-0.2, -0.15) is 0 Å². The van der Waals surface area contributed by atoms with Crippen molar-refractivity contribution in [2.45, 2.75) is 50.7 Å². The number of fused-ring (bicyclic) bond motifs is 1. The number of nitrogens with two attached hydrogens (primary N) is 1. The first-order valence-electron chi connectivity index (χ1n) is 15.0. The number of rotatable bonds is 5. The van der Waals surface area contributed by atoms with Crippen LogP contribution in [0.1, 0.15) is 49.0 Å². The third-order valence-corrected chi connectivity index (χ3v) is 9.85. The van der Waals surface area contributed by atoms with E-state index in [4.69, 9.17) is 15.5 Å². The summed E-state index contributed by atoms with van der Waals surface area (Å²) in [5, 5.41) is 13.7. The molecule has 0 bridgehead atoms. The lowest BCUT2D eigenvalue weighted by molar-refractivity contribution is 0.00212. The first-order valence-corrected chi connectivity index (χ1v) is 15.0. The molecule has 4 aliphatic rings. The minimum absolute atomic E-state index is 0.140. The van der Waals surface area contributed by atoms with Crippen molar-refractivity contribution in [2.75, 3.05) is 54.5 Å². The van der Waals surface area contributed by atoms with Crippen molar-refractivity contribution in [3.05, 3.63) is 48.5 Å². The fourth-order valence-corrected chi connectivity index (χ4v) is 7.05. The Morgan fingerprint density at radius 1 is 1.02 bits per heavy atom. The molecule has 4 fully saturated rings. The van der Waals surface area contributed by atoms with Gasteiger partial charge in [0.1, 0.15) is 5.69 Å². The summed E-state index contributed by atoms with van der Waals surface area (Å²) in [6.45, 7) is 4.97. The number of aliphatic hydroxyl groups is 1. The van der Waals surface area contributed by atoms with Crippen molar-refractivity contribution >= 4 is 34.0 Å². The van der Waals surface area contributed by atoms with Crippen molar-refractivity contribution < 1.29 is 14.6 Å². The highest BCUT2D eigenvalue weighted by atomic mass is 16.5. The third kappa shape index (κ3) is 5.36. The van der Waals surface area contributed by atoms with Gasteiger partial charge in [-0.3, -0.25) is 14.8 Å². The Hall–Kier alpha value is -3.34. The van der Waals surface area contributed by atoms with Gasteiger partial charge in [-0.15, -0.1) is 0 Å². The highest BCUT2D eigenvalue weighted by Crippen LogP contribution is 2.43. The van der Waals surface area contributed by atoms with Crippen LogP contribution in [0, 0.1) is 17.3 Å². The minimum Gasteiger partial charge on any atom is -0.391 e. The quantitative estimate of drug-likeness (QED) is 0.433. The van der Waals surface area contributed by atoms with Crippen LogP contribution in [0.25, 0.3) is 11.0 Å². The van der Waals surface area contributed by atoms with E-state index in [1.165, 1.54) is 12.8 Å². The Morgan fingerprint density at radius 3 is 2.61 bits per heavy atom. The van der Waals surface area contributed by atoms with Crippen LogP contribution in [-0.2, 0) is 4.74 Å². The number of aliphatic hydroxyl groups excluding tert-OH is 1. The third-order valence-electron chi connectivity index (χ3n) is 9.85. The molecule has 1 spiro atoms. The summed E-state index contributed by atoms with van der Waals surface area (Å²) in [7, 11) is 0. The van der Waals surface area contributed by atoms with Gasteiger partial charge in [0.25, 0.3) is 5.91 Å². The lowest BCUT2D eigenvalue weighted by Crippen LogP contribution is -2.57. The van der Waals surface area contributed by atoms with Crippen LogP contribution in [0.15, 0.2) is 42.9 Å². The van der Waals surface area contributed by atoms with E-state index in [9.17, 15) is 9.90 Å². The highest BCUT2D eigenvalue weighted by molar-refractivity contribution is 6.05. The van der Waals surface area contributed by atoms with Gasteiger partial charge in [0, 0.05) is 57.5 Å². The zero-order valence-electron chi connectivity index (χ0n) is 23.4. The molecule has 1 saturated carbocycles. The number of piperidine rings is 2. The second-order valence-electron chi connectivity index (χ2n) is 12.4. The minimum atomic E-state index is -0.494. The fourth-order valence-electron chi connectivity index (χ4n) is 7.05. The molecule has 3 unspecified atom stereocenters. The molecule has 6 heterocycles. The van der Waals surface area contributed by atoms with Crippen molar-refractivity contribution in [2.24, 2.45) is 23.0 Å². The average molecular weight is 558 g/mol. The summed E-state index contributed by atoms with van der Waals surface area (Å²) in [5.41, 5.74) is 11.1. The molecule has 216 valence electrons. The number of ether oxygens (including phenoxy) is 1. The molecule has 3 saturated heterocycles. The molecule has 10 heteroatoms. The SMILES string of the molecule is NC1CN(c2ccncc2NC(=O)c2ccc3ncc(N4CCC5(CCOCC5)CC4)cc3n2)CC(C2CC2)C1O. The fraction of sp³-hybridized carbons (Fsp3) is 0.548. The number of amides is 1. The van der Waals surface area contributed by atoms with Gasteiger partial charge in [-0.25, -0.2) is 4.98 Å². The van der Waals surface area contributed by atoms with Gasteiger partial charge in [0.15, 0.2) is 0 Å². The summed E-state index contributed by atoms with van der Waals surface area (Å²) in [4.78, 5) is 31.6. The largest absolute Gasteiger partial charge is 0.391 e. The van der Waals surface area contributed by atoms with Crippen LogP contribution in [0.2, 0.25) is 0 Å². The summed E-state index contributed by atoms with van der Waals surface area (Å²) < 4.78 is 5.60. The van der Waals surface area contributed by atoms with Crippen molar-refractivity contribution in [3.63, 3.8) is 0 Å². The molecule has 41 heavy (non-hydrogen) atoms. The van der Waals surface area contributed by atoms with Crippen molar-refractivity contribution in [3.8, 4) is 0 Å². The lowest BCUT2D eigenvalue weighted by atomic mass is 9.72. The topological polar surface area (TPSA) is 130 Å². The van der Waals surface area contributed by atoms with Crippen LogP contribution >= 0.6 is 0 Å². The van der Waals surface area contributed by atoms with E-state index < -0.39 is 6.10 Å². The van der Waals surface area contributed by atoms with Crippen LogP contribution in [0.4, 0.5) is 17.1 Å². The molecule has 1 amide bonds. The average Bonchev–Trinajstić information content (AvgIpc) is 3.85. The summed E-state index contributed by atoms with van der Waals surface area (Å²) in [6, 6.07) is 7.18. The number of nitrogens with zero attached hydrogens (tertiary/aromatic N) is 5. The van der Waals surface area contributed by atoms with Crippen molar-refractivity contribution in [1.82, 2.24) is 15.0 Å². The van der Waals surface area contributed by atoms with Gasteiger partial charge >= 0.3 is 0 Å². The predicted molar refractivity (Wildman–Crippen MR) is 158 cm³/mol. The Labute approximate surface area is 240 Å². The van der Waals surface area contributed by atoms with E-state index >= 15 is 0 Å². The maximum Gasteiger partial charge on any atom is 0.274 e. The molecule has 3 atom stereocenters. The maximum absolute atomic E-state index is 13.4. The van der Waals surface area contributed by atoms with E-state index in [1.807, 2.05) is 18.3 Å². The van der Waals surface area contributed by atoms with Gasteiger partial charge in [0.05, 0.1) is 46.6 Å². The number of nitrogens with one attached hydrogen (secondary N) is 1. The zero-order chi connectivity index (χ0) is 28.0. The molecule has 7 rings (SSSR count). The Morgan fingerprint density at radius 2 is 1.83 bits per heavy atom. The van der Waals surface area contributed by atoms with Crippen LogP contribution < -0.4 is 20.9 Å². The highest BCUT2D eigenvalue weighted by Gasteiger charge is 2.43. The van der Waals surface area contributed by atoms with E-state index in [0.29, 0.717) is 41.3 Å². The molecule has 3 aromatic heterocycles. The number of carbonyl (C=O) groups excluding carboxylic acids is 1. The molecule has 0 aromatic carbocycles. The number of hydrogen-bond acceptors (Lipinski definition) is 9. The second kappa shape index (κ2) is 10.8. The first kappa shape index (κ1) is 26.6. The smallest absolute Gasteiger partial charge is 0.274 e. The molecule has 10 nitrogen and oxygen atoms in total. The number of anilines is 3. The van der Waals surface area contributed by atoms with E-state index in [0.717, 1.165) is 68.9 Å². The Kier molecular flexibility index (Phi) is 7.00. The molecule has 0 radical (unpaired) electrons. The van der Waals surface area contributed by atoms with E-state index in [-0.39, 0.29) is 17.9 Å². The van der Waals surface area contributed by atoms with Gasteiger partial charge in [-0.05, 0) is 74.1 Å². The number of aromatic nitrogens is 3. The standard InChI is InChI=1S/C31H39N7O3/c32-23-19-38(18-22(29(23)39)20-1-2-20)28-5-10-33-17-27(28)36-30(40)25-4-3-24-26(35-25)15-21(16-34-24)37-11-6-31(7-12-37)8-13-41-14-9-31/h3-5,10,15-17,20,22-23,29,39H,1-2,6-9,11-14,18-19,32H2,(H,36,40). The normalized spacial score (nSPS) is 26.3. The lowest BCUT2D eigenvalue weighted by Gasteiger charge is -2.44. The number of pyridine rings is 3. The number of carbonyl (C=O) groups is 1. The second-order valence-corrected chi connectivity index (χ2v) is 12.4. The molecule has 4 N–H and O–H groups in total. The monoisotopic (exact) mass is 557 g/mol. The van der Waals surface area contributed by atoms with Crippen LogP contribution in [0.3, 0.4) is 0 Å². The van der Waals surface area contributed by atoms with Gasteiger partial charge < -0.3 is 30.7 Å². The van der Waals surface area contributed by atoms with Crippen molar-refractivity contribution in [1.29, 1.82) is 0 Å².